The van der Waals surface area contributed by atoms with Gasteiger partial charge < -0.3 is 20.3 Å². The summed E-state index contributed by atoms with van der Waals surface area (Å²) in [6, 6.07) is 10.8. The molecule has 1 fully saturated rings. The van der Waals surface area contributed by atoms with Gasteiger partial charge in [0.1, 0.15) is 0 Å². The first-order valence-corrected chi connectivity index (χ1v) is 12.6. The fourth-order valence-corrected chi connectivity index (χ4v) is 5.63. The van der Waals surface area contributed by atoms with Gasteiger partial charge in [-0.1, -0.05) is 23.2 Å². The Morgan fingerprint density at radius 3 is 2.26 bits per heavy atom. The Balaban J connectivity index is 0.000000251. The van der Waals surface area contributed by atoms with Crippen molar-refractivity contribution in [2.45, 2.75) is 43.9 Å². The Kier molecular flexibility index (Phi) is 8.70. The maximum Gasteiger partial charge on any atom is 0.458 e. The third-order valence-corrected chi connectivity index (χ3v) is 7.06. The number of nitrogens with zero attached hydrogens (tertiary/aromatic N) is 1. The number of Topliss-reactive ketones (excluding diaryl/α,β-unsaturated/α-hetero) is 2. The summed E-state index contributed by atoms with van der Waals surface area (Å²) in [5.41, 5.74) is 6.39. The number of benzene rings is 2. The smallest absolute Gasteiger partial charge is 0.381 e. The minimum atomic E-state index is -5.77. The maximum absolute atomic E-state index is 11.2. The van der Waals surface area contributed by atoms with Crippen molar-refractivity contribution in [3.05, 3.63) is 57.1 Å². The highest BCUT2D eigenvalue weighted by Crippen LogP contribution is 2.47. The van der Waals surface area contributed by atoms with E-state index in [2.05, 4.69) is 27.7 Å². The normalized spacial score (nSPS) is 20.3. The second kappa shape index (κ2) is 11.5. The van der Waals surface area contributed by atoms with E-state index in [0.717, 1.165) is 37.5 Å². The molecule has 0 saturated carbocycles. The van der Waals surface area contributed by atoms with Crippen molar-refractivity contribution in [2.24, 2.45) is 0 Å². The zero-order chi connectivity index (χ0) is 28.5. The molecule has 2 aromatic carbocycles. The predicted octanol–water partition coefficient (Wildman–Crippen LogP) is 5.65. The molecule has 0 amide bonds. The lowest BCUT2D eigenvalue weighted by molar-refractivity contribution is -0.193. The molecule has 39 heavy (non-hydrogen) atoms. The van der Waals surface area contributed by atoms with Gasteiger partial charge in [0.15, 0.2) is 0 Å². The van der Waals surface area contributed by atoms with Gasteiger partial charge in [0.05, 0.1) is 13.2 Å². The van der Waals surface area contributed by atoms with Gasteiger partial charge in [-0.15, -0.1) is 0 Å². The summed E-state index contributed by atoms with van der Waals surface area (Å²) in [5.74, 6) is -6.25. The van der Waals surface area contributed by atoms with E-state index in [1.807, 2.05) is 12.1 Å². The number of hydrogen-bond donors (Lipinski definition) is 2. The molecular formula is C25H23Cl2F6N3O3. The van der Waals surface area contributed by atoms with E-state index in [4.69, 9.17) is 27.9 Å². The lowest BCUT2D eigenvalue weighted by Crippen LogP contribution is -2.44. The average molecular weight is 598 g/mol. The van der Waals surface area contributed by atoms with E-state index in [1.165, 1.54) is 23.2 Å². The molecule has 2 N–H and O–H groups in total. The lowest BCUT2D eigenvalue weighted by atomic mass is 9.89. The molecule has 0 radical (unpaired) electrons. The number of rotatable bonds is 4. The van der Waals surface area contributed by atoms with E-state index in [9.17, 15) is 35.9 Å². The second-order valence-corrected chi connectivity index (χ2v) is 10.1. The third-order valence-electron chi connectivity index (χ3n) is 6.63. The molecule has 3 aliphatic rings. The van der Waals surface area contributed by atoms with Gasteiger partial charge >= 0.3 is 23.9 Å². The van der Waals surface area contributed by atoms with Crippen molar-refractivity contribution in [3.63, 3.8) is 0 Å². The Morgan fingerprint density at radius 1 is 1.00 bits per heavy atom. The number of ketones is 2. The van der Waals surface area contributed by atoms with Gasteiger partial charge in [-0.3, -0.25) is 9.59 Å². The van der Waals surface area contributed by atoms with Gasteiger partial charge in [-0.05, 0) is 54.4 Å². The van der Waals surface area contributed by atoms with Crippen LogP contribution in [-0.2, 0) is 27.5 Å². The number of nitrogens with one attached hydrogen (secondary N) is 2. The molecule has 3 aliphatic heterocycles. The lowest BCUT2D eigenvalue weighted by Gasteiger charge is -2.33. The Morgan fingerprint density at radius 2 is 1.64 bits per heavy atom. The number of piperidine rings is 1. The van der Waals surface area contributed by atoms with Crippen LogP contribution in [-0.4, -0.2) is 56.2 Å². The van der Waals surface area contributed by atoms with Gasteiger partial charge in [-0.25, -0.2) is 0 Å². The van der Waals surface area contributed by atoms with Crippen molar-refractivity contribution >= 4 is 46.1 Å². The summed E-state index contributed by atoms with van der Waals surface area (Å²) in [6.45, 7) is 5.33. The number of fused-ring (bicyclic) bond motifs is 3. The van der Waals surface area contributed by atoms with Gasteiger partial charge in [-0.2, -0.15) is 26.3 Å². The van der Waals surface area contributed by atoms with Gasteiger partial charge in [0.25, 0.3) is 0 Å². The zero-order valence-electron chi connectivity index (χ0n) is 20.2. The summed E-state index contributed by atoms with van der Waals surface area (Å²) in [4.78, 5) is 21.8. The van der Waals surface area contributed by atoms with Crippen molar-refractivity contribution < 1.29 is 40.7 Å². The van der Waals surface area contributed by atoms with Crippen molar-refractivity contribution in [3.8, 4) is 0 Å². The molecule has 0 aliphatic carbocycles. The molecule has 212 valence electrons. The molecule has 3 heterocycles. The fraction of sp³-hybridized carbons (Fsp3) is 0.440. The monoisotopic (exact) mass is 597 g/mol. The van der Waals surface area contributed by atoms with Crippen LogP contribution in [0.25, 0.3) is 0 Å². The van der Waals surface area contributed by atoms with Crippen molar-refractivity contribution in [2.75, 3.05) is 36.5 Å². The summed E-state index contributed by atoms with van der Waals surface area (Å²) >= 11 is 12.3. The van der Waals surface area contributed by atoms with E-state index >= 15 is 0 Å². The molecule has 14 heteroatoms. The molecule has 5 rings (SSSR count). The molecule has 2 aromatic rings. The number of halogens is 8. The van der Waals surface area contributed by atoms with Crippen LogP contribution in [0.3, 0.4) is 0 Å². The topological polar surface area (TPSA) is 70.7 Å². The van der Waals surface area contributed by atoms with Gasteiger partial charge in [0.2, 0.25) is 0 Å². The first kappa shape index (κ1) is 29.4. The van der Waals surface area contributed by atoms with Crippen LogP contribution < -0.4 is 15.5 Å². The second-order valence-electron chi connectivity index (χ2n) is 9.27. The third kappa shape index (κ3) is 6.79. The largest absolute Gasteiger partial charge is 0.458 e. The molecule has 2 atom stereocenters. The maximum atomic E-state index is 11.2. The Labute approximate surface area is 229 Å². The minimum absolute atomic E-state index is 0.563. The molecule has 0 spiro atoms. The molecule has 0 aromatic heterocycles. The highest BCUT2D eigenvalue weighted by molar-refractivity contribution is 6.41. The van der Waals surface area contributed by atoms with Crippen molar-refractivity contribution in [1.82, 2.24) is 5.32 Å². The Hall–Kier alpha value is -2.54. The number of anilines is 2. The van der Waals surface area contributed by atoms with E-state index in [0.29, 0.717) is 35.2 Å². The summed E-state index contributed by atoms with van der Waals surface area (Å²) in [7, 11) is 0. The first-order chi connectivity index (χ1) is 18.3. The predicted molar refractivity (Wildman–Crippen MR) is 133 cm³/mol. The molecule has 6 nitrogen and oxygen atoms in total. The Bertz CT molecular complexity index is 1210. The van der Waals surface area contributed by atoms with E-state index in [-0.39, 0.29) is 0 Å². The molecule has 0 unspecified atom stereocenters. The molecule has 0 bridgehead atoms. The standard InChI is InChI=1S/C21H23Cl2N3O.C4F6O2/c22-15-5-13(6-16(23)8-15)10-25-17-7-14-12-27-4-3-26-20-1-2-24-11-19(20)18(9-17)21(14)26;5-3(6,7)1(11)2(12)4(8,9)10/h5-9,19-20,24-25H,1-4,10-12H2;/t19-,20-;/m0./s1. The average Bonchev–Trinajstić information content (AvgIpc) is 3.00. The van der Waals surface area contributed by atoms with Crippen LogP contribution in [0, 0.1) is 0 Å². The van der Waals surface area contributed by atoms with Crippen LogP contribution in [0.5, 0.6) is 0 Å². The number of carbonyl (C=O) groups is 2. The van der Waals surface area contributed by atoms with Crippen LogP contribution in [0.15, 0.2) is 30.3 Å². The minimum Gasteiger partial charge on any atom is -0.381 e. The zero-order valence-corrected chi connectivity index (χ0v) is 21.7. The highest BCUT2D eigenvalue weighted by atomic mass is 35.5. The van der Waals surface area contributed by atoms with E-state index in [1.54, 1.807) is 6.07 Å². The number of alkyl halides is 6. The van der Waals surface area contributed by atoms with Crippen molar-refractivity contribution in [1.29, 1.82) is 0 Å². The van der Waals surface area contributed by atoms with Crippen LogP contribution in [0.2, 0.25) is 10.0 Å². The molecule has 1 saturated heterocycles. The fourth-order valence-electron chi connectivity index (χ4n) is 5.06. The molecular weight excluding hydrogens is 575 g/mol. The number of hydrogen-bond acceptors (Lipinski definition) is 6. The van der Waals surface area contributed by atoms with E-state index < -0.39 is 23.9 Å². The summed E-state index contributed by atoms with van der Waals surface area (Å²) in [5, 5.41) is 8.48. The summed E-state index contributed by atoms with van der Waals surface area (Å²) < 4.78 is 72.8. The SMILES string of the molecule is Clc1cc(Cl)cc(CNc2cc3c4c(c2)[C@@H]2CNCC[C@@H]2N4CCOC3)c1.O=C(C(=O)C(F)(F)F)C(F)(F)F. The first-order valence-electron chi connectivity index (χ1n) is 11.9. The van der Waals surface area contributed by atoms with Crippen LogP contribution in [0.1, 0.15) is 29.0 Å². The summed E-state index contributed by atoms with van der Waals surface area (Å²) in [6.07, 6.45) is -10.3. The number of ether oxygens (including phenoxy) is 1. The van der Waals surface area contributed by atoms with Crippen LogP contribution >= 0.6 is 23.2 Å². The van der Waals surface area contributed by atoms with Gasteiger partial charge in [0, 0.05) is 58.6 Å². The number of carbonyl (C=O) groups excluding carboxylic acids is 2. The quantitative estimate of drug-likeness (QED) is 0.351. The van der Waals surface area contributed by atoms with Crippen LogP contribution in [0.4, 0.5) is 37.7 Å². The highest BCUT2D eigenvalue weighted by Gasteiger charge is 2.54.